The Labute approximate surface area is 86.5 Å². The monoisotopic (exact) mass is 217 g/mol. The molecule has 85 valence electrons. The number of aliphatic carboxylic acids is 3. The molecule has 15 heavy (non-hydrogen) atoms. The molecule has 2 unspecified atom stereocenters. The van der Waals surface area contributed by atoms with E-state index in [1.54, 1.807) is 0 Å². The Kier molecular flexibility index (Phi) is 5.36. The van der Waals surface area contributed by atoms with E-state index in [2.05, 4.69) is 6.92 Å². The number of hydrogen-bond donors (Lipinski definition) is 3. The van der Waals surface area contributed by atoms with Gasteiger partial charge in [0.05, 0.1) is 18.3 Å². The molecule has 0 fully saturated rings. The van der Waals surface area contributed by atoms with Crippen LogP contribution in [0.2, 0.25) is 0 Å². The normalized spacial score (nSPS) is 14.2. The maximum Gasteiger partial charge on any atom is 0.307 e. The van der Waals surface area contributed by atoms with E-state index in [9.17, 15) is 14.4 Å². The van der Waals surface area contributed by atoms with E-state index >= 15 is 0 Å². The molecule has 2 atom stereocenters. The third-order valence-corrected chi connectivity index (χ3v) is 2.03. The molecule has 0 saturated heterocycles. The molecule has 1 radical (unpaired) electrons. The van der Waals surface area contributed by atoms with Gasteiger partial charge in [0.1, 0.15) is 0 Å². The molecule has 6 heteroatoms. The predicted molar refractivity (Wildman–Crippen MR) is 49.1 cm³/mol. The second-order valence-electron chi connectivity index (χ2n) is 3.13. The molecule has 0 spiro atoms. The highest BCUT2D eigenvalue weighted by Gasteiger charge is 2.34. The van der Waals surface area contributed by atoms with Crippen LogP contribution in [0.15, 0.2) is 0 Å². The molecule has 0 aromatic rings. The first-order valence-electron chi connectivity index (χ1n) is 4.36. The van der Waals surface area contributed by atoms with Crippen molar-refractivity contribution >= 4 is 17.9 Å². The van der Waals surface area contributed by atoms with E-state index in [0.29, 0.717) is 0 Å². The summed E-state index contributed by atoms with van der Waals surface area (Å²) in [6, 6.07) is 0. The molecule has 0 bridgehead atoms. The van der Waals surface area contributed by atoms with E-state index in [1.165, 1.54) is 0 Å². The van der Waals surface area contributed by atoms with Gasteiger partial charge in [-0.1, -0.05) is 13.3 Å². The fraction of sp³-hybridized carbons (Fsp3) is 0.556. The molecule has 0 aromatic heterocycles. The lowest BCUT2D eigenvalue weighted by molar-refractivity contribution is -0.157. The lowest BCUT2D eigenvalue weighted by atomic mass is 9.86. The van der Waals surface area contributed by atoms with Crippen molar-refractivity contribution in [2.45, 2.75) is 19.3 Å². The van der Waals surface area contributed by atoms with Crippen molar-refractivity contribution in [3.63, 3.8) is 0 Å². The van der Waals surface area contributed by atoms with E-state index in [-0.39, 0.29) is 12.8 Å². The van der Waals surface area contributed by atoms with Gasteiger partial charge in [0, 0.05) is 0 Å². The molecule has 0 aliphatic heterocycles. The molecule has 0 heterocycles. The minimum Gasteiger partial charge on any atom is -0.481 e. The molecule has 0 amide bonds. The van der Waals surface area contributed by atoms with Crippen LogP contribution < -0.4 is 0 Å². The van der Waals surface area contributed by atoms with E-state index in [4.69, 9.17) is 15.3 Å². The summed E-state index contributed by atoms with van der Waals surface area (Å²) in [7, 11) is 0. The van der Waals surface area contributed by atoms with Gasteiger partial charge >= 0.3 is 17.9 Å². The minimum atomic E-state index is -1.40. The summed E-state index contributed by atoms with van der Waals surface area (Å²) in [6.45, 7) is 3.43. The standard InChI is InChI=1S/C9H13O6/c1-2-3-5(8(12)13)6(9(14)15)4-7(10)11/h5-6H,1-4H2,(H,10,11)(H,12,13)(H,14,15). The zero-order valence-electron chi connectivity index (χ0n) is 8.05. The second kappa shape index (κ2) is 6.00. The molecule has 0 saturated carbocycles. The third kappa shape index (κ3) is 4.44. The smallest absolute Gasteiger partial charge is 0.307 e. The van der Waals surface area contributed by atoms with Gasteiger partial charge in [0.2, 0.25) is 0 Å². The van der Waals surface area contributed by atoms with Crippen molar-refractivity contribution in [3.05, 3.63) is 6.92 Å². The highest BCUT2D eigenvalue weighted by Crippen LogP contribution is 2.22. The zero-order valence-corrected chi connectivity index (χ0v) is 8.05. The highest BCUT2D eigenvalue weighted by atomic mass is 16.4. The number of hydrogen-bond acceptors (Lipinski definition) is 3. The minimum absolute atomic E-state index is 0.0551. The van der Waals surface area contributed by atoms with Crippen molar-refractivity contribution in [1.29, 1.82) is 0 Å². The first kappa shape index (κ1) is 13.4. The van der Waals surface area contributed by atoms with Crippen molar-refractivity contribution in [2.24, 2.45) is 11.8 Å². The summed E-state index contributed by atoms with van der Waals surface area (Å²) < 4.78 is 0. The van der Waals surface area contributed by atoms with E-state index in [1.807, 2.05) is 0 Å². The summed E-state index contributed by atoms with van der Waals surface area (Å²) in [6.07, 6.45) is -0.383. The van der Waals surface area contributed by atoms with Crippen LogP contribution in [0.1, 0.15) is 19.3 Å². The predicted octanol–water partition coefficient (Wildman–Crippen LogP) is 0.477. The lowest BCUT2D eigenvalue weighted by Crippen LogP contribution is -2.31. The second-order valence-corrected chi connectivity index (χ2v) is 3.13. The molecule has 0 aromatic carbocycles. The maximum atomic E-state index is 10.7. The van der Waals surface area contributed by atoms with Gasteiger partial charge in [-0.2, -0.15) is 0 Å². The van der Waals surface area contributed by atoms with Gasteiger partial charge in [-0.3, -0.25) is 14.4 Å². The zero-order chi connectivity index (χ0) is 12.0. The molecule has 6 nitrogen and oxygen atoms in total. The number of carboxylic acid groups (broad SMARTS) is 3. The van der Waals surface area contributed by atoms with Crippen LogP contribution in [-0.4, -0.2) is 33.2 Å². The van der Waals surface area contributed by atoms with Crippen molar-refractivity contribution < 1.29 is 29.7 Å². The summed E-state index contributed by atoms with van der Waals surface area (Å²) in [5, 5.41) is 25.9. The van der Waals surface area contributed by atoms with Crippen LogP contribution >= 0.6 is 0 Å². The first-order valence-corrected chi connectivity index (χ1v) is 4.36. The average Bonchev–Trinajstić information content (AvgIpc) is 2.09. The number of carbonyl (C=O) groups is 3. The van der Waals surface area contributed by atoms with Crippen LogP contribution in [0.5, 0.6) is 0 Å². The summed E-state index contributed by atoms with van der Waals surface area (Å²) in [4.78, 5) is 31.8. The Balaban J connectivity index is 4.74. The van der Waals surface area contributed by atoms with Crippen LogP contribution in [0, 0.1) is 18.8 Å². The Hall–Kier alpha value is -1.59. The van der Waals surface area contributed by atoms with Gasteiger partial charge in [-0.25, -0.2) is 0 Å². The highest BCUT2D eigenvalue weighted by molar-refractivity contribution is 5.83. The summed E-state index contributed by atoms with van der Waals surface area (Å²) in [5.41, 5.74) is 0. The Bertz CT molecular complexity index is 259. The van der Waals surface area contributed by atoms with E-state index in [0.717, 1.165) is 0 Å². The SMILES string of the molecule is [CH2]CCC(C(=O)O)C(CC(=O)O)C(=O)O. The van der Waals surface area contributed by atoms with Crippen molar-refractivity contribution in [3.8, 4) is 0 Å². The molecular weight excluding hydrogens is 204 g/mol. The van der Waals surface area contributed by atoms with Crippen LogP contribution in [-0.2, 0) is 14.4 Å². The van der Waals surface area contributed by atoms with Gasteiger partial charge in [0.25, 0.3) is 0 Å². The molecule has 3 N–H and O–H groups in total. The molecule has 0 aliphatic carbocycles. The van der Waals surface area contributed by atoms with E-state index < -0.39 is 36.2 Å². The largest absolute Gasteiger partial charge is 0.481 e. The van der Waals surface area contributed by atoms with Gasteiger partial charge in [-0.15, -0.1) is 0 Å². The topological polar surface area (TPSA) is 112 Å². The van der Waals surface area contributed by atoms with Crippen molar-refractivity contribution in [2.75, 3.05) is 0 Å². The number of carboxylic acids is 3. The fourth-order valence-corrected chi connectivity index (χ4v) is 1.31. The van der Waals surface area contributed by atoms with Crippen LogP contribution in [0.25, 0.3) is 0 Å². The Morgan fingerprint density at radius 2 is 1.47 bits per heavy atom. The van der Waals surface area contributed by atoms with Crippen molar-refractivity contribution in [1.82, 2.24) is 0 Å². The third-order valence-electron chi connectivity index (χ3n) is 2.03. The molecule has 0 rings (SSSR count). The lowest BCUT2D eigenvalue weighted by Gasteiger charge is -2.17. The molecule has 0 aliphatic rings. The maximum absolute atomic E-state index is 10.7. The number of rotatable bonds is 7. The summed E-state index contributed by atoms with van der Waals surface area (Å²) in [5.74, 6) is -6.62. The average molecular weight is 217 g/mol. The first-order chi connectivity index (χ1) is 6.90. The van der Waals surface area contributed by atoms with Gasteiger partial charge in [0.15, 0.2) is 0 Å². The van der Waals surface area contributed by atoms with Gasteiger partial charge in [-0.05, 0) is 6.42 Å². The Morgan fingerprint density at radius 3 is 1.73 bits per heavy atom. The Morgan fingerprint density at radius 1 is 1.00 bits per heavy atom. The summed E-state index contributed by atoms with van der Waals surface area (Å²) >= 11 is 0. The molecular formula is C9H13O6. The van der Waals surface area contributed by atoms with Crippen LogP contribution in [0.4, 0.5) is 0 Å². The fourth-order valence-electron chi connectivity index (χ4n) is 1.31. The quantitative estimate of drug-likeness (QED) is 0.571. The van der Waals surface area contributed by atoms with Gasteiger partial charge < -0.3 is 15.3 Å². The van der Waals surface area contributed by atoms with Crippen LogP contribution in [0.3, 0.4) is 0 Å².